The van der Waals surface area contributed by atoms with Crippen LogP contribution >= 0.6 is 0 Å². The molecule has 1 heterocycles. The fourth-order valence-electron chi connectivity index (χ4n) is 3.23. The molecule has 2 aromatic rings. The molecule has 0 amide bonds. The number of nitrogens with zero attached hydrogens (tertiary/aromatic N) is 1. The van der Waals surface area contributed by atoms with Crippen LogP contribution in [0.4, 0.5) is 0 Å². The van der Waals surface area contributed by atoms with Gasteiger partial charge in [-0.05, 0) is 55.3 Å². The van der Waals surface area contributed by atoms with Gasteiger partial charge in [0.05, 0.1) is 0 Å². The van der Waals surface area contributed by atoms with Crippen molar-refractivity contribution in [1.29, 1.82) is 0 Å². The summed E-state index contributed by atoms with van der Waals surface area (Å²) in [5, 5.41) is 6.32. The van der Waals surface area contributed by atoms with Crippen molar-refractivity contribution in [2.24, 2.45) is 0 Å². The van der Waals surface area contributed by atoms with E-state index in [9.17, 15) is 0 Å². The van der Waals surface area contributed by atoms with Crippen LogP contribution in [0.3, 0.4) is 0 Å². The van der Waals surface area contributed by atoms with Gasteiger partial charge < -0.3 is 10.2 Å². The first kappa shape index (κ1) is 14.6. The molecule has 1 N–H and O–H groups in total. The van der Waals surface area contributed by atoms with Gasteiger partial charge in [0.15, 0.2) is 0 Å². The average Bonchev–Trinajstić information content (AvgIpc) is 2.54. The lowest BCUT2D eigenvalue weighted by Gasteiger charge is -2.29. The summed E-state index contributed by atoms with van der Waals surface area (Å²) in [4.78, 5) is 2.60. The predicted octanol–water partition coefficient (Wildman–Crippen LogP) is 3.80. The third-order valence-corrected chi connectivity index (χ3v) is 4.45. The molecule has 0 bridgehead atoms. The third kappa shape index (κ3) is 4.05. The van der Waals surface area contributed by atoms with Gasteiger partial charge in [0.1, 0.15) is 0 Å². The molecule has 1 atom stereocenters. The Kier molecular flexibility index (Phi) is 4.89. The minimum atomic E-state index is 0.551. The second kappa shape index (κ2) is 7.06. The van der Waals surface area contributed by atoms with Crippen LogP contribution in [-0.2, 0) is 6.54 Å². The Morgan fingerprint density at radius 1 is 1.00 bits per heavy atom. The van der Waals surface area contributed by atoms with Crippen LogP contribution < -0.4 is 5.32 Å². The highest BCUT2D eigenvalue weighted by molar-refractivity contribution is 5.82. The number of rotatable bonds is 5. The van der Waals surface area contributed by atoms with Gasteiger partial charge in [0, 0.05) is 19.1 Å². The average molecular weight is 282 g/mol. The predicted molar refractivity (Wildman–Crippen MR) is 90.5 cm³/mol. The maximum absolute atomic E-state index is 3.67. The summed E-state index contributed by atoms with van der Waals surface area (Å²) in [6, 6.07) is 15.9. The molecule has 0 radical (unpaired) electrons. The minimum absolute atomic E-state index is 0.551. The van der Waals surface area contributed by atoms with Crippen molar-refractivity contribution in [2.75, 3.05) is 19.6 Å². The number of hydrogen-bond donors (Lipinski definition) is 1. The SMILES string of the molecule is CC(CN1CCCCC1)NCc1ccc2ccccc2c1. The molecular formula is C19H26N2. The third-order valence-electron chi connectivity index (χ3n) is 4.45. The van der Waals surface area contributed by atoms with Crippen molar-refractivity contribution >= 4 is 10.8 Å². The number of piperidine rings is 1. The lowest BCUT2D eigenvalue weighted by molar-refractivity contribution is 0.209. The summed E-state index contributed by atoms with van der Waals surface area (Å²) >= 11 is 0. The molecule has 1 aliphatic rings. The van der Waals surface area contributed by atoms with E-state index in [1.807, 2.05) is 0 Å². The van der Waals surface area contributed by atoms with E-state index in [2.05, 4.69) is 59.6 Å². The smallest absolute Gasteiger partial charge is 0.0208 e. The van der Waals surface area contributed by atoms with E-state index in [1.165, 1.54) is 55.2 Å². The molecule has 1 fully saturated rings. The molecule has 1 aliphatic heterocycles. The summed E-state index contributed by atoms with van der Waals surface area (Å²) in [5.74, 6) is 0. The lowest BCUT2D eigenvalue weighted by atomic mass is 10.1. The summed E-state index contributed by atoms with van der Waals surface area (Å²) in [6.07, 6.45) is 4.16. The second-order valence-corrected chi connectivity index (χ2v) is 6.32. The molecule has 2 nitrogen and oxygen atoms in total. The Morgan fingerprint density at radius 2 is 1.76 bits per heavy atom. The van der Waals surface area contributed by atoms with E-state index in [1.54, 1.807) is 0 Å². The quantitative estimate of drug-likeness (QED) is 0.897. The monoisotopic (exact) mass is 282 g/mol. The molecule has 21 heavy (non-hydrogen) atoms. The van der Waals surface area contributed by atoms with E-state index in [-0.39, 0.29) is 0 Å². The highest BCUT2D eigenvalue weighted by Crippen LogP contribution is 2.15. The van der Waals surface area contributed by atoms with Crippen molar-refractivity contribution in [2.45, 2.75) is 38.8 Å². The highest BCUT2D eigenvalue weighted by atomic mass is 15.1. The minimum Gasteiger partial charge on any atom is -0.309 e. The Labute approximate surface area is 128 Å². The first-order chi connectivity index (χ1) is 10.3. The van der Waals surface area contributed by atoms with Gasteiger partial charge in [0.2, 0.25) is 0 Å². The Bertz CT molecular complexity index is 573. The molecule has 3 rings (SSSR count). The van der Waals surface area contributed by atoms with Crippen molar-refractivity contribution in [3.63, 3.8) is 0 Å². The zero-order chi connectivity index (χ0) is 14.5. The Hall–Kier alpha value is -1.38. The number of hydrogen-bond acceptors (Lipinski definition) is 2. The summed E-state index contributed by atoms with van der Waals surface area (Å²) < 4.78 is 0. The largest absolute Gasteiger partial charge is 0.309 e. The van der Waals surface area contributed by atoms with Crippen molar-refractivity contribution in [1.82, 2.24) is 10.2 Å². The second-order valence-electron chi connectivity index (χ2n) is 6.32. The van der Waals surface area contributed by atoms with Crippen molar-refractivity contribution in [3.8, 4) is 0 Å². The molecule has 2 aromatic carbocycles. The fraction of sp³-hybridized carbons (Fsp3) is 0.474. The molecule has 1 saturated heterocycles. The first-order valence-electron chi connectivity index (χ1n) is 8.25. The van der Waals surface area contributed by atoms with E-state index < -0.39 is 0 Å². The molecule has 112 valence electrons. The van der Waals surface area contributed by atoms with Crippen LogP contribution in [0.15, 0.2) is 42.5 Å². The van der Waals surface area contributed by atoms with E-state index in [0.717, 1.165) is 6.54 Å². The molecule has 0 aromatic heterocycles. The molecule has 0 spiro atoms. The highest BCUT2D eigenvalue weighted by Gasteiger charge is 2.12. The van der Waals surface area contributed by atoms with Crippen molar-refractivity contribution < 1.29 is 0 Å². The van der Waals surface area contributed by atoms with E-state index in [0.29, 0.717) is 6.04 Å². The van der Waals surface area contributed by atoms with Crippen LogP contribution in [0.1, 0.15) is 31.7 Å². The molecule has 2 heteroatoms. The normalized spacial score (nSPS) is 18.0. The zero-order valence-corrected chi connectivity index (χ0v) is 13.0. The van der Waals surface area contributed by atoms with Gasteiger partial charge in [-0.1, -0.05) is 42.8 Å². The van der Waals surface area contributed by atoms with Gasteiger partial charge in [0.25, 0.3) is 0 Å². The molecule has 0 aliphatic carbocycles. The molecular weight excluding hydrogens is 256 g/mol. The Morgan fingerprint density at radius 3 is 2.57 bits per heavy atom. The van der Waals surface area contributed by atoms with Gasteiger partial charge in [-0.25, -0.2) is 0 Å². The van der Waals surface area contributed by atoms with Crippen LogP contribution in [0.5, 0.6) is 0 Å². The van der Waals surface area contributed by atoms with Crippen molar-refractivity contribution in [3.05, 3.63) is 48.0 Å². The van der Waals surface area contributed by atoms with Gasteiger partial charge in [-0.15, -0.1) is 0 Å². The summed E-state index contributed by atoms with van der Waals surface area (Å²) in [5.41, 5.74) is 1.37. The number of benzene rings is 2. The van der Waals surface area contributed by atoms with Gasteiger partial charge in [-0.2, -0.15) is 0 Å². The standard InChI is InChI=1S/C19H26N2/c1-16(15-21-11-5-2-6-12-21)20-14-17-9-10-18-7-3-4-8-19(18)13-17/h3-4,7-10,13,16,20H,2,5-6,11-12,14-15H2,1H3. The van der Waals surface area contributed by atoms with E-state index >= 15 is 0 Å². The summed E-state index contributed by atoms with van der Waals surface area (Å²) in [6.45, 7) is 6.99. The van der Waals surface area contributed by atoms with E-state index in [4.69, 9.17) is 0 Å². The molecule has 0 saturated carbocycles. The fourth-order valence-corrected chi connectivity index (χ4v) is 3.23. The Balaban J connectivity index is 1.53. The van der Waals surface area contributed by atoms with Crippen LogP contribution in [-0.4, -0.2) is 30.6 Å². The lowest BCUT2D eigenvalue weighted by Crippen LogP contribution is -2.41. The number of likely N-dealkylation sites (tertiary alicyclic amines) is 1. The number of fused-ring (bicyclic) bond motifs is 1. The van der Waals surface area contributed by atoms with Crippen LogP contribution in [0, 0.1) is 0 Å². The van der Waals surface area contributed by atoms with Gasteiger partial charge >= 0.3 is 0 Å². The maximum atomic E-state index is 3.67. The zero-order valence-electron chi connectivity index (χ0n) is 13.0. The van der Waals surface area contributed by atoms with Gasteiger partial charge in [-0.3, -0.25) is 0 Å². The molecule has 1 unspecified atom stereocenters. The van der Waals surface area contributed by atoms with Crippen LogP contribution in [0.25, 0.3) is 10.8 Å². The van der Waals surface area contributed by atoms with Crippen LogP contribution in [0.2, 0.25) is 0 Å². The summed E-state index contributed by atoms with van der Waals surface area (Å²) in [7, 11) is 0. The first-order valence-corrected chi connectivity index (χ1v) is 8.25. The maximum Gasteiger partial charge on any atom is 0.0208 e. The number of nitrogens with one attached hydrogen (secondary N) is 1. The topological polar surface area (TPSA) is 15.3 Å².